The zero-order valence-corrected chi connectivity index (χ0v) is 15.7. The van der Waals surface area contributed by atoms with Gasteiger partial charge in [0.25, 0.3) is 0 Å². The highest BCUT2D eigenvalue weighted by atomic mass is 32.2. The fraction of sp³-hybridized carbons (Fsp3) is 0.882. The molecule has 130 valence electrons. The number of thioether (sulfide) groups is 1. The number of carbonyl (C=O) groups excluding carboxylic acids is 1. The second kappa shape index (κ2) is 7.60. The van der Waals surface area contributed by atoms with Gasteiger partial charge in [-0.05, 0) is 92.3 Å². The van der Waals surface area contributed by atoms with Crippen LogP contribution in [-0.4, -0.2) is 29.6 Å². The Morgan fingerprint density at radius 3 is 2.30 bits per heavy atom. The lowest BCUT2D eigenvalue weighted by atomic mass is 9.49. The zero-order chi connectivity index (χ0) is 16.3. The Morgan fingerprint density at radius 2 is 1.74 bits per heavy atom. The number of rotatable bonds is 6. The first-order valence-corrected chi connectivity index (χ1v) is 10.7. The molecular weight excluding hydrogens is 326 g/mol. The van der Waals surface area contributed by atoms with Crippen LogP contribution in [-0.2, 0) is 4.79 Å². The Balaban J connectivity index is 1.39. The second-order valence-electron chi connectivity index (χ2n) is 7.87. The molecule has 0 aliphatic heterocycles. The lowest BCUT2D eigenvalue weighted by Gasteiger charge is -2.56. The molecule has 0 atom stereocenters. The van der Waals surface area contributed by atoms with E-state index in [0.29, 0.717) is 11.5 Å². The van der Waals surface area contributed by atoms with Crippen LogP contribution < -0.4 is 16.2 Å². The van der Waals surface area contributed by atoms with Crippen LogP contribution in [0.4, 0.5) is 0 Å². The van der Waals surface area contributed by atoms with E-state index < -0.39 is 0 Å². The summed E-state index contributed by atoms with van der Waals surface area (Å²) in [7, 11) is 0. The minimum Gasteiger partial charge on any atom is -0.361 e. The maximum atomic E-state index is 12.3. The van der Waals surface area contributed by atoms with E-state index >= 15 is 0 Å². The molecule has 4 nitrogen and oxygen atoms in total. The normalized spacial score (nSPS) is 34.2. The van der Waals surface area contributed by atoms with Crippen LogP contribution in [0.1, 0.15) is 51.4 Å². The first-order chi connectivity index (χ1) is 11.1. The summed E-state index contributed by atoms with van der Waals surface area (Å²) in [4.78, 5) is 12.3. The monoisotopic (exact) mass is 355 g/mol. The lowest BCUT2D eigenvalue weighted by Crippen LogP contribution is -2.51. The quantitative estimate of drug-likeness (QED) is 0.389. The van der Waals surface area contributed by atoms with Crippen molar-refractivity contribution in [2.45, 2.75) is 51.4 Å². The molecule has 3 N–H and O–H groups in total. The van der Waals surface area contributed by atoms with Crippen molar-refractivity contribution in [3.05, 3.63) is 0 Å². The summed E-state index contributed by atoms with van der Waals surface area (Å²) >= 11 is 7.02. The van der Waals surface area contributed by atoms with Gasteiger partial charge >= 0.3 is 0 Å². The largest absolute Gasteiger partial charge is 0.361 e. The first kappa shape index (κ1) is 17.3. The predicted molar refractivity (Wildman–Crippen MR) is 100 cm³/mol. The van der Waals surface area contributed by atoms with Crippen LogP contribution in [0.5, 0.6) is 0 Å². The van der Waals surface area contributed by atoms with Crippen LogP contribution in [0.25, 0.3) is 0 Å². The van der Waals surface area contributed by atoms with Crippen molar-refractivity contribution in [3.8, 4) is 0 Å². The number of amides is 1. The maximum Gasteiger partial charge on any atom is 0.238 e. The third-order valence-corrected chi connectivity index (χ3v) is 6.77. The minimum absolute atomic E-state index is 0.0974. The third kappa shape index (κ3) is 4.53. The summed E-state index contributed by atoms with van der Waals surface area (Å²) in [6.07, 6.45) is 11.9. The van der Waals surface area contributed by atoms with Gasteiger partial charge in [0.15, 0.2) is 5.11 Å². The zero-order valence-electron chi connectivity index (χ0n) is 14.0. The van der Waals surface area contributed by atoms with E-state index in [1.165, 1.54) is 38.5 Å². The fourth-order valence-corrected chi connectivity index (χ4v) is 6.07. The molecule has 0 aromatic rings. The SMILES string of the molecule is CSCCCNC(=S)NNC(=O)CC12CC3CC(CC(C3)C1)C2. The number of thiocarbonyl (C=S) groups is 1. The highest BCUT2D eigenvalue weighted by Crippen LogP contribution is 2.61. The van der Waals surface area contributed by atoms with Gasteiger partial charge in [-0.15, -0.1) is 0 Å². The molecule has 0 saturated heterocycles. The van der Waals surface area contributed by atoms with E-state index in [1.54, 1.807) is 0 Å². The molecule has 6 heteroatoms. The van der Waals surface area contributed by atoms with E-state index in [0.717, 1.165) is 36.5 Å². The molecule has 23 heavy (non-hydrogen) atoms. The molecule has 0 unspecified atom stereocenters. The number of nitrogens with one attached hydrogen (secondary N) is 3. The van der Waals surface area contributed by atoms with E-state index in [2.05, 4.69) is 22.4 Å². The van der Waals surface area contributed by atoms with Crippen LogP contribution in [0.15, 0.2) is 0 Å². The lowest BCUT2D eigenvalue weighted by molar-refractivity contribution is -0.130. The second-order valence-corrected chi connectivity index (χ2v) is 9.26. The molecule has 4 aliphatic rings. The van der Waals surface area contributed by atoms with Gasteiger partial charge in [0.05, 0.1) is 0 Å². The summed E-state index contributed by atoms with van der Waals surface area (Å²) in [6, 6.07) is 0. The first-order valence-electron chi connectivity index (χ1n) is 8.90. The molecular formula is C17H29N3OS2. The smallest absolute Gasteiger partial charge is 0.238 e. The Hall–Kier alpha value is -0.490. The molecule has 4 bridgehead atoms. The van der Waals surface area contributed by atoms with Crippen LogP contribution in [0, 0.1) is 23.2 Å². The van der Waals surface area contributed by atoms with E-state index in [-0.39, 0.29) is 11.3 Å². The van der Waals surface area contributed by atoms with Crippen molar-refractivity contribution >= 4 is 35.0 Å². The maximum absolute atomic E-state index is 12.3. The molecule has 0 radical (unpaired) electrons. The van der Waals surface area contributed by atoms with Crippen LogP contribution in [0.2, 0.25) is 0 Å². The Kier molecular flexibility index (Phi) is 5.73. The predicted octanol–water partition coefficient (Wildman–Crippen LogP) is 2.84. The van der Waals surface area contributed by atoms with Gasteiger partial charge < -0.3 is 5.32 Å². The van der Waals surface area contributed by atoms with Crippen molar-refractivity contribution in [2.75, 3.05) is 18.6 Å². The number of carbonyl (C=O) groups is 1. The molecule has 4 aliphatic carbocycles. The third-order valence-electron chi connectivity index (χ3n) is 5.83. The molecule has 0 spiro atoms. The molecule has 4 rings (SSSR count). The Bertz CT molecular complexity index is 420. The topological polar surface area (TPSA) is 53.2 Å². The average molecular weight is 356 g/mol. The van der Waals surface area contributed by atoms with E-state index in [4.69, 9.17) is 12.2 Å². The van der Waals surface area contributed by atoms with Gasteiger partial charge in [-0.2, -0.15) is 11.8 Å². The summed E-state index contributed by atoms with van der Waals surface area (Å²) in [6.45, 7) is 0.845. The van der Waals surface area contributed by atoms with Crippen molar-refractivity contribution in [3.63, 3.8) is 0 Å². The number of hydrazine groups is 1. The molecule has 1 amide bonds. The van der Waals surface area contributed by atoms with Gasteiger partial charge in [-0.25, -0.2) is 0 Å². The van der Waals surface area contributed by atoms with Crippen molar-refractivity contribution < 1.29 is 4.79 Å². The van der Waals surface area contributed by atoms with Gasteiger partial charge in [0, 0.05) is 13.0 Å². The highest BCUT2D eigenvalue weighted by Gasteiger charge is 2.51. The standard InChI is InChI=1S/C17H29N3OS2/c1-23-4-2-3-18-16(22)20-19-15(21)11-17-8-12-5-13(9-17)7-14(6-12)10-17/h12-14H,2-11H2,1H3,(H,19,21)(H2,18,20,22). The highest BCUT2D eigenvalue weighted by molar-refractivity contribution is 7.98. The van der Waals surface area contributed by atoms with Crippen LogP contribution >= 0.6 is 24.0 Å². The van der Waals surface area contributed by atoms with Crippen molar-refractivity contribution in [2.24, 2.45) is 23.2 Å². The van der Waals surface area contributed by atoms with Gasteiger partial charge in [-0.3, -0.25) is 15.6 Å². The van der Waals surface area contributed by atoms with E-state index in [1.807, 2.05) is 11.8 Å². The van der Waals surface area contributed by atoms with Crippen LogP contribution in [0.3, 0.4) is 0 Å². The van der Waals surface area contributed by atoms with Gasteiger partial charge in [0.2, 0.25) is 5.91 Å². The Morgan fingerprint density at radius 1 is 1.13 bits per heavy atom. The summed E-state index contributed by atoms with van der Waals surface area (Å²) < 4.78 is 0. The Labute approximate surface area is 149 Å². The molecule has 0 heterocycles. The number of hydrogen-bond acceptors (Lipinski definition) is 3. The van der Waals surface area contributed by atoms with Gasteiger partial charge in [0.1, 0.15) is 0 Å². The van der Waals surface area contributed by atoms with Crippen molar-refractivity contribution in [1.29, 1.82) is 0 Å². The average Bonchev–Trinajstić information content (AvgIpc) is 2.48. The summed E-state index contributed by atoms with van der Waals surface area (Å²) in [5.41, 5.74) is 5.94. The molecule has 4 fully saturated rings. The van der Waals surface area contributed by atoms with Crippen molar-refractivity contribution in [1.82, 2.24) is 16.2 Å². The summed E-state index contributed by atoms with van der Waals surface area (Å²) in [5, 5.41) is 3.64. The van der Waals surface area contributed by atoms with Gasteiger partial charge in [-0.1, -0.05) is 0 Å². The number of hydrogen-bond donors (Lipinski definition) is 3. The summed E-state index contributed by atoms with van der Waals surface area (Å²) in [5.74, 6) is 3.89. The minimum atomic E-state index is 0.0974. The molecule has 4 saturated carbocycles. The fourth-order valence-electron chi connectivity index (χ4n) is 5.48. The van der Waals surface area contributed by atoms with E-state index in [9.17, 15) is 4.79 Å². The molecule has 0 aromatic heterocycles. The molecule has 0 aromatic carbocycles.